The molecule has 0 spiro atoms. The van der Waals surface area contributed by atoms with Gasteiger partial charge in [-0.25, -0.2) is 13.8 Å². The smallest absolute Gasteiger partial charge is 0.255 e. The summed E-state index contributed by atoms with van der Waals surface area (Å²) in [5.74, 6) is -2.34. The second kappa shape index (κ2) is 8.38. The zero-order valence-electron chi connectivity index (χ0n) is 16.1. The van der Waals surface area contributed by atoms with Gasteiger partial charge in [-0.2, -0.15) is 0 Å². The molecule has 0 atom stereocenters. The quantitative estimate of drug-likeness (QED) is 0.443. The van der Waals surface area contributed by atoms with Crippen LogP contribution in [0.3, 0.4) is 0 Å². The van der Waals surface area contributed by atoms with Crippen molar-refractivity contribution in [1.29, 1.82) is 0 Å². The Morgan fingerprint density at radius 1 is 1.30 bits per heavy atom. The number of amides is 1. The molecule has 5 N–H and O–H groups in total. The lowest BCUT2D eigenvalue weighted by molar-refractivity contribution is 0.0999. The van der Waals surface area contributed by atoms with Crippen molar-refractivity contribution in [2.45, 2.75) is 13.3 Å². The number of aromatic nitrogens is 2. The van der Waals surface area contributed by atoms with E-state index in [2.05, 4.69) is 10.3 Å². The van der Waals surface area contributed by atoms with E-state index in [0.29, 0.717) is 3.57 Å². The van der Waals surface area contributed by atoms with Crippen molar-refractivity contribution in [3.63, 3.8) is 0 Å². The van der Waals surface area contributed by atoms with Crippen LogP contribution in [0.4, 0.5) is 26.1 Å². The first kappa shape index (κ1) is 21.7. The summed E-state index contributed by atoms with van der Waals surface area (Å²) in [7, 11) is 1.42. The maximum absolute atomic E-state index is 14.3. The number of nitrogens with two attached hydrogens (primary N) is 2. The number of nitrogens with zero attached hydrogens (tertiary/aromatic N) is 2. The fourth-order valence-corrected chi connectivity index (χ4v) is 3.62. The monoisotopic (exact) mass is 525 g/mol. The van der Waals surface area contributed by atoms with Gasteiger partial charge < -0.3 is 16.8 Å². The molecule has 0 aliphatic rings. The van der Waals surface area contributed by atoms with Crippen molar-refractivity contribution in [2.24, 2.45) is 12.8 Å². The predicted octanol–water partition coefficient (Wildman–Crippen LogP) is 2.99. The molecular formula is C20H18F2IN5O2. The summed E-state index contributed by atoms with van der Waals surface area (Å²) in [5, 5.41) is 2.79. The molecule has 0 unspecified atom stereocenters. The van der Waals surface area contributed by atoms with Gasteiger partial charge in [0.05, 0.1) is 11.3 Å². The van der Waals surface area contributed by atoms with Crippen molar-refractivity contribution in [3.05, 3.63) is 78.3 Å². The van der Waals surface area contributed by atoms with Crippen molar-refractivity contribution in [2.75, 3.05) is 11.1 Å². The lowest BCUT2D eigenvalue weighted by atomic mass is 9.97. The lowest BCUT2D eigenvalue weighted by Crippen LogP contribution is -2.30. The van der Waals surface area contributed by atoms with Crippen LogP contribution < -0.4 is 22.3 Å². The molecular weight excluding hydrogens is 507 g/mol. The Balaban J connectivity index is 2.18. The van der Waals surface area contributed by atoms with Gasteiger partial charge in [0.1, 0.15) is 11.6 Å². The van der Waals surface area contributed by atoms with E-state index in [4.69, 9.17) is 11.5 Å². The van der Waals surface area contributed by atoms with Crippen LogP contribution in [0.25, 0.3) is 0 Å². The number of hydrogen-bond acceptors (Lipinski definition) is 5. The van der Waals surface area contributed by atoms with Crippen LogP contribution in [0.1, 0.15) is 27.0 Å². The van der Waals surface area contributed by atoms with Gasteiger partial charge in [-0.1, -0.05) is 0 Å². The van der Waals surface area contributed by atoms with Gasteiger partial charge in [-0.05, 0) is 64.9 Å². The zero-order chi connectivity index (χ0) is 22.2. The molecule has 1 aromatic carbocycles. The van der Waals surface area contributed by atoms with E-state index < -0.39 is 23.1 Å². The lowest BCUT2D eigenvalue weighted by Gasteiger charge is -2.20. The number of carbonyl (C=O) groups excluding carboxylic acids is 1. The normalized spacial score (nSPS) is 10.8. The van der Waals surface area contributed by atoms with Gasteiger partial charge >= 0.3 is 0 Å². The van der Waals surface area contributed by atoms with Gasteiger partial charge in [-0.15, -0.1) is 0 Å². The molecule has 2 aromatic heterocycles. The molecule has 0 radical (unpaired) electrons. The summed E-state index contributed by atoms with van der Waals surface area (Å²) < 4.78 is 30.5. The van der Waals surface area contributed by atoms with E-state index in [-0.39, 0.29) is 46.0 Å². The summed E-state index contributed by atoms with van der Waals surface area (Å²) in [5.41, 5.74) is 11.3. The standard InChI is InChI=1S/C20H18F2IN5O2/c1-9-12(7-10-5-6-26-17(24)16(10)22)20(30)28(2)19(15(9)18(25)29)27-14-4-3-11(23)8-13(14)21/h3-6,8,27H,7H2,1-2H3,(H2,24,26)(H2,25,29). The molecule has 0 aliphatic carbocycles. The molecule has 0 bridgehead atoms. The highest BCUT2D eigenvalue weighted by molar-refractivity contribution is 14.1. The number of benzene rings is 1. The molecule has 0 aliphatic heterocycles. The number of anilines is 3. The maximum Gasteiger partial charge on any atom is 0.255 e. The van der Waals surface area contributed by atoms with E-state index >= 15 is 0 Å². The third-order valence-corrected chi connectivity index (χ3v) is 5.43. The maximum atomic E-state index is 14.3. The van der Waals surface area contributed by atoms with Crippen LogP contribution in [-0.2, 0) is 13.5 Å². The number of pyridine rings is 2. The first-order valence-corrected chi connectivity index (χ1v) is 9.82. The fraction of sp³-hybridized carbons (Fsp3) is 0.150. The SMILES string of the molecule is Cc1c(C(N)=O)c(Nc2ccc(I)cc2F)n(C)c(=O)c1Cc1ccnc(N)c1F. The summed E-state index contributed by atoms with van der Waals surface area (Å²) in [6, 6.07) is 5.88. The number of rotatable bonds is 5. The number of nitrogen functional groups attached to an aromatic ring is 1. The Morgan fingerprint density at radius 3 is 2.63 bits per heavy atom. The van der Waals surface area contributed by atoms with Gasteiger partial charge in [0.25, 0.3) is 11.5 Å². The number of carbonyl (C=O) groups is 1. The second-order valence-corrected chi connectivity index (χ2v) is 7.90. The first-order chi connectivity index (χ1) is 14.1. The molecule has 3 rings (SSSR count). The fourth-order valence-electron chi connectivity index (χ4n) is 3.16. The van der Waals surface area contributed by atoms with Gasteiger partial charge in [-0.3, -0.25) is 14.2 Å². The Hall–Kier alpha value is -3.02. The zero-order valence-corrected chi connectivity index (χ0v) is 18.3. The van der Waals surface area contributed by atoms with Crippen LogP contribution in [0.15, 0.2) is 35.3 Å². The number of primary amides is 1. The molecule has 3 aromatic rings. The van der Waals surface area contributed by atoms with E-state index in [1.54, 1.807) is 6.07 Å². The Morgan fingerprint density at radius 2 is 2.00 bits per heavy atom. The van der Waals surface area contributed by atoms with Crippen LogP contribution >= 0.6 is 22.6 Å². The molecule has 156 valence electrons. The summed E-state index contributed by atoms with van der Waals surface area (Å²) in [6.45, 7) is 1.54. The molecule has 10 heteroatoms. The molecule has 30 heavy (non-hydrogen) atoms. The van der Waals surface area contributed by atoms with Crippen molar-refractivity contribution in [1.82, 2.24) is 9.55 Å². The minimum atomic E-state index is -0.813. The largest absolute Gasteiger partial charge is 0.381 e. The topological polar surface area (TPSA) is 116 Å². The Bertz CT molecular complexity index is 1230. The average Bonchev–Trinajstić information content (AvgIpc) is 2.68. The predicted molar refractivity (Wildman–Crippen MR) is 119 cm³/mol. The van der Waals surface area contributed by atoms with Crippen LogP contribution in [0, 0.1) is 22.1 Å². The van der Waals surface area contributed by atoms with Crippen molar-refractivity contribution < 1.29 is 13.6 Å². The van der Waals surface area contributed by atoms with Crippen molar-refractivity contribution in [3.8, 4) is 0 Å². The number of halogens is 3. The number of nitrogens with one attached hydrogen (secondary N) is 1. The highest BCUT2D eigenvalue weighted by Gasteiger charge is 2.23. The van der Waals surface area contributed by atoms with Gasteiger partial charge in [0, 0.05) is 28.8 Å². The minimum Gasteiger partial charge on any atom is -0.381 e. The van der Waals surface area contributed by atoms with E-state index in [9.17, 15) is 18.4 Å². The summed E-state index contributed by atoms with van der Waals surface area (Å²) >= 11 is 1.97. The Labute approximate surface area is 184 Å². The van der Waals surface area contributed by atoms with Gasteiger partial charge in [0.15, 0.2) is 11.6 Å². The molecule has 0 saturated heterocycles. The number of hydrogen-bond donors (Lipinski definition) is 3. The molecule has 0 fully saturated rings. The summed E-state index contributed by atoms with van der Waals surface area (Å²) in [6.07, 6.45) is 1.22. The Kier molecular flexibility index (Phi) is 6.06. The van der Waals surface area contributed by atoms with E-state index in [1.165, 1.54) is 38.4 Å². The van der Waals surface area contributed by atoms with Crippen molar-refractivity contribution >= 4 is 45.8 Å². The molecule has 2 heterocycles. The third-order valence-electron chi connectivity index (χ3n) is 4.76. The minimum absolute atomic E-state index is 0.00693. The first-order valence-electron chi connectivity index (χ1n) is 8.75. The highest BCUT2D eigenvalue weighted by Crippen LogP contribution is 2.27. The van der Waals surface area contributed by atoms with Crippen LogP contribution in [-0.4, -0.2) is 15.5 Å². The van der Waals surface area contributed by atoms with E-state index in [0.717, 1.165) is 4.57 Å². The van der Waals surface area contributed by atoms with Gasteiger partial charge in [0.2, 0.25) is 0 Å². The second-order valence-electron chi connectivity index (χ2n) is 6.65. The molecule has 1 amide bonds. The third kappa shape index (κ3) is 3.99. The van der Waals surface area contributed by atoms with E-state index in [1.807, 2.05) is 22.6 Å². The molecule has 7 nitrogen and oxygen atoms in total. The summed E-state index contributed by atoms with van der Waals surface area (Å²) in [4.78, 5) is 28.9. The highest BCUT2D eigenvalue weighted by atomic mass is 127. The van der Waals surface area contributed by atoms with Crippen LogP contribution in [0.2, 0.25) is 0 Å². The van der Waals surface area contributed by atoms with Crippen LogP contribution in [0.5, 0.6) is 0 Å². The molecule has 0 saturated carbocycles. The average molecular weight is 525 g/mol.